The fourth-order valence-corrected chi connectivity index (χ4v) is 6.39. The van der Waals surface area contributed by atoms with Crippen LogP contribution >= 0.6 is 56.9 Å². The number of hydrogen-bond acceptors (Lipinski definition) is 6. The van der Waals surface area contributed by atoms with Crippen molar-refractivity contribution >= 4 is 79.9 Å². The van der Waals surface area contributed by atoms with Crippen LogP contribution in [0.2, 0.25) is 0 Å². The summed E-state index contributed by atoms with van der Waals surface area (Å²) in [4.78, 5) is 37.6. The van der Waals surface area contributed by atoms with Gasteiger partial charge in [-0.2, -0.15) is 0 Å². The highest BCUT2D eigenvalue weighted by Crippen LogP contribution is 2.36. The molecule has 0 atom stereocenters. The molecule has 3 aromatic carbocycles. The Morgan fingerprint density at radius 2 is 1.71 bits per heavy atom. The molecule has 0 N–H and O–H groups in total. The monoisotopic (exact) mass is 712 g/mol. The SMILES string of the molecule is Cc1ccc(COc2c(I)cc(/C=C3\SC(=O)N(Cc4ccccc4[N+](=O)[O-])C3=O)cc2I)cc1. The van der Waals surface area contributed by atoms with Crippen molar-refractivity contribution < 1.29 is 19.2 Å². The Morgan fingerprint density at radius 3 is 2.37 bits per heavy atom. The van der Waals surface area contributed by atoms with Gasteiger partial charge in [0.2, 0.25) is 0 Å². The van der Waals surface area contributed by atoms with Gasteiger partial charge in [0.05, 0.1) is 23.5 Å². The van der Waals surface area contributed by atoms with E-state index in [0.29, 0.717) is 12.2 Å². The van der Waals surface area contributed by atoms with Gasteiger partial charge in [0.25, 0.3) is 16.8 Å². The molecule has 0 aliphatic carbocycles. The number of imide groups is 1. The van der Waals surface area contributed by atoms with Crippen molar-refractivity contribution in [1.29, 1.82) is 0 Å². The summed E-state index contributed by atoms with van der Waals surface area (Å²) in [6, 6.07) is 18.0. The largest absolute Gasteiger partial charge is 0.487 e. The lowest BCUT2D eigenvalue weighted by Crippen LogP contribution is -2.27. The Labute approximate surface area is 233 Å². The van der Waals surface area contributed by atoms with Crippen LogP contribution in [0, 0.1) is 24.2 Å². The Kier molecular flexibility index (Phi) is 8.12. The van der Waals surface area contributed by atoms with Crippen LogP contribution in [0.3, 0.4) is 0 Å². The molecule has 1 aliphatic heterocycles. The number of thioether (sulfide) groups is 1. The Bertz CT molecular complexity index is 1340. The molecule has 3 aromatic rings. The molecule has 2 amide bonds. The number of rotatable bonds is 7. The summed E-state index contributed by atoms with van der Waals surface area (Å²) in [7, 11) is 0. The number of nitro groups is 1. The van der Waals surface area contributed by atoms with E-state index in [1.165, 1.54) is 11.6 Å². The van der Waals surface area contributed by atoms with Gasteiger partial charge in [0.1, 0.15) is 12.4 Å². The predicted octanol–water partition coefficient (Wildman–Crippen LogP) is 6.93. The van der Waals surface area contributed by atoms with E-state index in [9.17, 15) is 19.7 Å². The van der Waals surface area contributed by atoms with Gasteiger partial charge in [-0.25, -0.2) is 0 Å². The zero-order valence-electron chi connectivity index (χ0n) is 18.4. The van der Waals surface area contributed by atoms with E-state index in [1.54, 1.807) is 24.3 Å². The van der Waals surface area contributed by atoms with Gasteiger partial charge in [-0.05, 0) is 93.2 Å². The van der Waals surface area contributed by atoms with Crippen molar-refractivity contribution in [3.63, 3.8) is 0 Å². The van der Waals surface area contributed by atoms with Gasteiger partial charge in [0.15, 0.2) is 0 Å². The molecule has 1 aliphatic rings. The topological polar surface area (TPSA) is 89.8 Å². The van der Waals surface area contributed by atoms with Gasteiger partial charge in [-0.3, -0.25) is 24.6 Å². The van der Waals surface area contributed by atoms with Gasteiger partial charge >= 0.3 is 0 Å². The maximum Gasteiger partial charge on any atom is 0.293 e. The first kappa shape index (κ1) is 25.6. The zero-order chi connectivity index (χ0) is 25.1. The van der Waals surface area contributed by atoms with Crippen molar-refractivity contribution in [3.8, 4) is 5.75 Å². The van der Waals surface area contributed by atoms with Crippen LogP contribution in [0.1, 0.15) is 22.3 Å². The lowest BCUT2D eigenvalue weighted by Gasteiger charge is -2.13. The predicted molar refractivity (Wildman–Crippen MR) is 152 cm³/mol. The first-order valence-corrected chi connectivity index (χ1v) is 13.4. The summed E-state index contributed by atoms with van der Waals surface area (Å²) >= 11 is 5.21. The van der Waals surface area contributed by atoms with Crippen molar-refractivity contribution in [2.24, 2.45) is 0 Å². The van der Waals surface area contributed by atoms with E-state index in [-0.39, 0.29) is 17.1 Å². The molecule has 4 rings (SSSR count). The summed E-state index contributed by atoms with van der Waals surface area (Å²) in [6.07, 6.45) is 1.67. The Hall–Kier alpha value is -2.45. The minimum Gasteiger partial charge on any atom is -0.487 e. The quantitative estimate of drug-likeness (QED) is 0.114. The summed E-state index contributed by atoms with van der Waals surface area (Å²) in [5.74, 6) is 0.288. The molecule has 0 saturated carbocycles. The number of hydrogen-bond donors (Lipinski definition) is 0. The molecule has 1 heterocycles. The second kappa shape index (κ2) is 11.1. The number of carbonyl (C=O) groups excluding carboxylic acids is 2. The summed E-state index contributed by atoms with van der Waals surface area (Å²) < 4.78 is 7.81. The molecule has 0 unspecified atom stereocenters. The molecular formula is C25H18I2N2O5S. The van der Waals surface area contributed by atoms with Crippen LogP contribution in [-0.2, 0) is 17.9 Å². The Balaban J connectivity index is 1.51. The van der Waals surface area contributed by atoms with E-state index >= 15 is 0 Å². The summed E-state index contributed by atoms with van der Waals surface area (Å²) in [6.45, 7) is 2.32. The highest BCUT2D eigenvalue weighted by molar-refractivity contribution is 14.1. The number of nitro benzene ring substituents is 1. The molecule has 0 spiro atoms. The van der Waals surface area contributed by atoms with E-state index in [1.807, 2.05) is 43.3 Å². The smallest absolute Gasteiger partial charge is 0.293 e. The van der Waals surface area contributed by atoms with Crippen LogP contribution < -0.4 is 4.74 Å². The van der Waals surface area contributed by atoms with Gasteiger partial charge < -0.3 is 4.74 Å². The molecule has 1 fully saturated rings. The standard InChI is InChI=1S/C25H18I2N2O5S/c1-15-6-8-16(9-7-15)14-34-23-19(26)10-17(11-20(23)27)12-22-24(30)28(25(31)35-22)13-18-4-2-3-5-21(18)29(32)33/h2-12H,13-14H2,1H3/b22-12-. The molecule has 0 aromatic heterocycles. The minimum absolute atomic E-state index is 0.124. The summed E-state index contributed by atoms with van der Waals surface area (Å²) in [5.41, 5.74) is 3.20. The average Bonchev–Trinajstić information content (AvgIpc) is 3.07. The average molecular weight is 712 g/mol. The number of carbonyl (C=O) groups is 2. The fourth-order valence-electron chi connectivity index (χ4n) is 3.42. The van der Waals surface area contributed by atoms with E-state index in [0.717, 1.165) is 40.7 Å². The van der Waals surface area contributed by atoms with Crippen molar-refractivity contribution in [1.82, 2.24) is 4.90 Å². The molecule has 1 saturated heterocycles. The lowest BCUT2D eigenvalue weighted by atomic mass is 10.1. The van der Waals surface area contributed by atoms with Crippen molar-refractivity contribution in [2.75, 3.05) is 0 Å². The number of ether oxygens (including phenoxy) is 1. The number of aryl methyl sites for hydroxylation is 1. The molecular weight excluding hydrogens is 694 g/mol. The van der Waals surface area contributed by atoms with Crippen molar-refractivity contribution in [2.45, 2.75) is 20.1 Å². The van der Waals surface area contributed by atoms with Crippen LogP contribution in [0.5, 0.6) is 5.75 Å². The first-order valence-electron chi connectivity index (χ1n) is 10.4. The number of para-hydroxylation sites is 1. The zero-order valence-corrected chi connectivity index (χ0v) is 23.5. The second-order valence-electron chi connectivity index (χ2n) is 7.74. The van der Waals surface area contributed by atoms with Crippen LogP contribution in [0.4, 0.5) is 10.5 Å². The Morgan fingerprint density at radius 1 is 1.06 bits per heavy atom. The third kappa shape index (κ3) is 6.04. The summed E-state index contributed by atoms with van der Waals surface area (Å²) in [5, 5.41) is 10.8. The first-order chi connectivity index (χ1) is 16.7. The maximum atomic E-state index is 12.9. The molecule has 178 valence electrons. The van der Waals surface area contributed by atoms with Gasteiger partial charge in [0, 0.05) is 11.6 Å². The minimum atomic E-state index is -0.517. The van der Waals surface area contributed by atoms with Crippen LogP contribution in [-0.4, -0.2) is 21.0 Å². The molecule has 10 heteroatoms. The third-order valence-corrected chi connectivity index (χ3v) is 7.72. The highest BCUT2D eigenvalue weighted by Gasteiger charge is 2.36. The maximum absolute atomic E-state index is 12.9. The highest BCUT2D eigenvalue weighted by atomic mass is 127. The third-order valence-electron chi connectivity index (χ3n) is 5.21. The molecule has 0 bridgehead atoms. The molecule has 7 nitrogen and oxygen atoms in total. The van der Waals surface area contributed by atoms with E-state index < -0.39 is 16.1 Å². The molecule has 0 radical (unpaired) electrons. The second-order valence-corrected chi connectivity index (χ2v) is 11.1. The van der Waals surface area contributed by atoms with Gasteiger partial charge in [-0.1, -0.05) is 48.0 Å². The van der Waals surface area contributed by atoms with Crippen LogP contribution in [0.25, 0.3) is 6.08 Å². The van der Waals surface area contributed by atoms with E-state index in [2.05, 4.69) is 45.2 Å². The van der Waals surface area contributed by atoms with E-state index in [4.69, 9.17) is 4.74 Å². The number of halogens is 2. The fraction of sp³-hybridized carbons (Fsp3) is 0.120. The van der Waals surface area contributed by atoms with Crippen LogP contribution in [0.15, 0.2) is 65.6 Å². The molecule has 35 heavy (non-hydrogen) atoms. The normalized spacial score (nSPS) is 14.6. The van der Waals surface area contributed by atoms with Gasteiger partial charge in [-0.15, -0.1) is 0 Å². The number of benzene rings is 3. The van der Waals surface area contributed by atoms with Crippen molar-refractivity contribution in [3.05, 3.63) is 105 Å². The number of nitrogens with zero attached hydrogens (tertiary/aromatic N) is 2. The number of amides is 2. The lowest BCUT2D eigenvalue weighted by molar-refractivity contribution is -0.385.